The van der Waals surface area contributed by atoms with Crippen molar-refractivity contribution in [2.45, 2.75) is 70.5 Å². The van der Waals surface area contributed by atoms with Gasteiger partial charge in [-0.25, -0.2) is 0 Å². The number of hydrogen-bond acceptors (Lipinski definition) is 2. The van der Waals surface area contributed by atoms with Gasteiger partial charge in [0.2, 0.25) is 0 Å². The lowest BCUT2D eigenvalue weighted by atomic mass is 9.55. The topological polar surface area (TPSA) is 29.5 Å². The van der Waals surface area contributed by atoms with Crippen molar-refractivity contribution >= 4 is 0 Å². The quantitative estimate of drug-likeness (QED) is 0.602. The molecule has 0 bridgehead atoms. The van der Waals surface area contributed by atoms with Gasteiger partial charge in [0.1, 0.15) is 12.4 Å². The molecule has 158 valence electrons. The van der Waals surface area contributed by atoms with Gasteiger partial charge >= 0.3 is 0 Å². The normalized spacial score (nSPS) is 32.1. The zero-order valence-corrected chi connectivity index (χ0v) is 18.1. The van der Waals surface area contributed by atoms with Crippen LogP contribution in [0.1, 0.15) is 67.2 Å². The number of allylic oxidation sites excluding steroid dienone is 1. The molecule has 0 spiro atoms. The van der Waals surface area contributed by atoms with Gasteiger partial charge < -0.3 is 9.84 Å². The minimum Gasteiger partial charge on any atom is -0.489 e. The van der Waals surface area contributed by atoms with E-state index in [0.717, 1.165) is 37.4 Å². The Morgan fingerprint density at radius 2 is 1.97 bits per heavy atom. The fourth-order valence-corrected chi connectivity index (χ4v) is 6.80. The third kappa shape index (κ3) is 3.30. The third-order valence-electron chi connectivity index (χ3n) is 8.46. The van der Waals surface area contributed by atoms with Crippen molar-refractivity contribution in [2.75, 3.05) is 0 Å². The summed E-state index contributed by atoms with van der Waals surface area (Å²) in [4.78, 5) is 0. The number of aryl methyl sites for hydroxylation is 1. The fourth-order valence-electron chi connectivity index (χ4n) is 6.80. The Bertz CT molecular complexity index is 918. The molecule has 30 heavy (non-hydrogen) atoms. The van der Waals surface area contributed by atoms with Gasteiger partial charge in [-0.3, -0.25) is 0 Å². The smallest absolute Gasteiger partial charge is 0.123 e. The van der Waals surface area contributed by atoms with Crippen LogP contribution in [0.4, 0.5) is 0 Å². The monoisotopic (exact) mass is 402 g/mol. The molecule has 0 radical (unpaired) electrons. The van der Waals surface area contributed by atoms with E-state index in [2.05, 4.69) is 49.9 Å². The van der Waals surface area contributed by atoms with E-state index in [1.165, 1.54) is 36.0 Å². The molecule has 3 aliphatic carbocycles. The van der Waals surface area contributed by atoms with E-state index in [-0.39, 0.29) is 11.5 Å². The molecule has 1 N–H and O–H groups in total. The molecule has 0 aromatic heterocycles. The van der Waals surface area contributed by atoms with Gasteiger partial charge in [-0.2, -0.15) is 0 Å². The van der Waals surface area contributed by atoms with E-state index in [9.17, 15) is 5.11 Å². The van der Waals surface area contributed by atoms with Crippen LogP contribution in [0.5, 0.6) is 5.75 Å². The van der Waals surface area contributed by atoms with Crippen LogP contribution in [0.15, 0.2) is 55.1 Å². The summed E-state index contributed by atoms with van der Waals surface area (Å²) < 4.78 is 6.30. The predicted molar refractivity (Wildman–Crippen MR) is 122 cm³/mol. The molecule has 5 rings (SSSR count). The minimum atomic E-state index is -0.102. The zero-order chi connectivity index (χ0) is 20.7. The lowest BCUT2D eigenvalue weighted by molar-refractivity contribution is -0.0226. The summed E-state index contributed by atoms with van der Waals surface area (Å²) in [5.74, 6) is 3.06. The molecule has 2 aromatic carbocycles. The van der Waals surface area contributed by atoms with Crippen molar-refractivity contribution in [3.05, 3.63) is 77.4 Å². The average Bonchev–Trinajstić information content (AvgIpc) is 3.07. The molecule has 0 saturated heterocycles. The maximum Gasteiger partial charge on any atom is 0.123 e. The molecular formula is C28H34O2. The molecule has 0 aliphatic heterocycles. The Hall–Kier alpha value is -2.06. The first-order valence-electron chi connectivity index (χ1n) is 11.7. The van der Waals surface area contributed by atoms with Crippen LogP contribution in [-0.2, 0) is 19.4 Å². The Morgan fingerprint density at radius 3 is 2.77 bits per heavy atom. The summed E-state index contributed by atoms with van der Waals surface area (Å²) in [6.07, 6.45) is 9.67. The molecular weight excluding hydrogens is 368 g/mol. The molecule has 2 nitrogen and oxygen atoms in total. The third-order valence-corrected chi connectivity index (χ3v) is 8.46. The maximum absolute atomic E-state index is 10.6. The van der Waals surface area contributed by atoms with Crippen molar-refractivity contribution in [3.63, 3.8) is 0 Å². The van der Waals surface area contributed by atoms with Gasteiger partial charge in [0, 0.05) is 0 Å². The average molecular weight is 403 g/mol. The van der Waals surface area contributed by atoms with Gasteiger partial charge in [-0.15, -0.1) is 6.58 Å². The van der Waals surface area contributed by atoms with Crippen LogP contribution in [0.3, 0.4) is 0 Å². The van der Waals surface area contributed by atoms with Gasteiger partial charge in [0.25, 0.3) is 0 Å². The molecule has 2 saturated carbocycles. The first-order valence-corrected chi connectivity index (χ1v) is 11.7. The highest BCUT2D eigenvalue weighted by Gasteiger charge is 2.54. The lowest BCUT2D eigenvalue weighted by Gasteiger charge is -2.50. The first kappa shape index (κ1) is 19.9. The summed E-state index contributed by atoms with van der Waals surface area (Å²) in [7, 11) is 0. The van der Waals surface area contributed by atoms with Gasteiger partial charge in [-0.1, -0.05) is 49.4 Å². The van der Waals surface area contributed by atoms with Crippen molar-refractivity contribution in [1.29, 1.82) is 0 Å². The highest BCUT2D eigenvalue weighted by atomic mass is 16.5. The highest BCUT2D eigenvalue weighted by molar-refractivity contribution is 5.47. The Balaban J connectivity index is 1.43. The second-order valence-electron chi connectivity index (χ2n) is 9.98. The van der Waals surface area contributed by atoms with Crippen LogP contribution in [0, 0.1) is 17.3 Å². The van der Waals surface area contributed by atoms with Crippen LogP contribution < -0.4 is 4.74 Å². The van der Waals surface area contributed by atoms with Crippen LogP contribution in [0.25, 0.3) is 0 Å². The predicted octanol–water partition coefficient (Wildman–Crippen LogP) is 6.21. The molecule has 0 amide bonds. The van der Waals surface area contributed by atoms with Crippen LogP contribution in [-0.4, -0.2) is 11.2 Å². The molecule has 2 fully saturated rings. The van der Waals surface area contributed by atoms with Crippen molar-refractivity contribution < 1.29 is 9.84 Å². The summed E-state index contributed by atoms with van der Waals surface area (Å²) in [5.41, 5.74) is 5.64. The zero-order valence-electron chi connectivity index (χ0n) is 18.1. The van der Waals surface area contributed by atoms with Crippen molar-refractivity contribution in [3.8, 4) is 5.75 Å². The second kappa shape index (κ2) is 7.89. The van der Waals surface area contributed by atoms with Gasteiger partial charge in [0.15, 0.2) is 0 Å². The largest absolute Gasteiger partial charge is 0.489 e. The van der Waals surface area contributed by atoms with Crippen molar-refractivity contribution in [1.82, 2.24) is 0 Å². The van der Waals surface area contributed by atoms with E-state index in [1.54, 1.807) is 5.56 Å². The standard InChI is InChI=1S/C28H34O2/c1-3-7-21-16-24-20(17-26(21)30-18-19-8-5-4-6-9-19)10-11-23-22(24)14-15-28(2)25(23)12-13-27(28)29/h3-6,8-9,16-17,22-23,25,27,29H,1,7,10-15,18H2,2H3/t22-,23+,25-,27?,28-/m0/s1. The van der Waals surface area contributed by atoms with E-state index < -0.39 is 0 Å². The second-order valence-corrected chi connectivity index (χ2v) is 9.98. The van der Waals surface area contributed by atoms with Crippen molar-refractivity contribution in [2.24, 2.45) is 17.3 Å². The number of hydrogen-bond donors (Lipinski definition) is 1. The van der Waals surface area contributed by atoms with Crippen LogP contribution >= 0.6 is 0 Å². The lowest BCUT2D eigenvalue weighted by Crippen LogP contribution is -2.43. The summed E-state index contributed by atoms with van der Waals surface area (Å²) >= 11 is 0. The molecule has 2 aromatic rings. The Kier molecular flexibility index (Phi) is 5.23. The Morgan fingerprint density at radius 1 is 1.13 bits per heavy atom. The molecule has 5 atom stereocenters. The number of benzene rings is 2. The van der Waals surface area contributed by atoms with E-state index in [1.807, 2.05) is 12.1 Å². The van der Waals surface area contributed by atoms with E-state index in [4.69, 9.17) is 4.74 Å². The van der Waals surface area contributed by atoms with Gasteiger partial charge in [0.05, 0.1) is 6.10 Å². The summed E-state index contributed by atoms with van der Waals surface area (Å²) in [6.45, 7) is 6.94. The van der Waals surface area contributed by atoms with Gasteiger partial charge in [-0.05, 0) is 96.4 Å². The number of ether oxygens (including phenoxy) is 1. The van der Waals surface area contributed by atoms with E-state index in [0.29, 0.717) is 18.4 Å². The molecule has 0 heterocycles. The SMILES string of the molecule is C=CCc1cc2c(cc1OCc1ccccc1)CC[C@@H]1[C@@H]2CC[C@]2(C)C(O)CC[C@@H]12. The summed E-state index contributed by atoms with van der Waals surface area (Å²) in [5, 5.41) is 10.6. The molecule has 2 heteroatoms. The molecule has 1 unspecified atom stereocenters. The number of aliphatic hydroxyl groups excluding tert-OH is 1. The van der Waals surface area contributed by atoms with Crippen LogP contribution in [0.2, 0.25) is 0 Å². The number of rotatable bonds is 5. The summed E-state index contributed by atoms with van der Waals surface area (Å²) in [6, 6.07) is 15.2. The molecule has 3 aliphatic rings. The number of aliphatic hydroxyl groups is 1. The fraction of sp³-hybridized carbons (Fsp3) is 0.500. The maximum atomic E-state index is 10.6. The van der Waals surface area contributed by atoms with E-state index >= 15 is 0 Å². The highest BCUT2D eigenvalue weighted by Crippen LogP contribution is 2.61. The number of fused-ring (bicyclic) bond motifs is 5. The Labute approximate surface area is 181 Å². The first-order chi connectivity index (χ1) is 14.6. The minimum absolute atomic E-state index is 0.102.